The van der Waals surface area contributed by atoms with Crippen LogP contribution in [-0.4, -0.2) is 53.7 Å². The average molecular weight is 331 g/mol. The zero-order valence-corrected chi connectivity index (χ0v) is 13.6. The van der Waals surface area contributed by atoms with Crippen LogP contribution in [0.4, 0.5) is 0 Å². The number of aliphatic hydroxyl groups is 2. The number of methoxy groups -OCH3 is 1. The molecule has 1 aliphatic carbocycles. The maximum atomic E-state index is 11.0. The highest BCUT2D eigenvalue weighted by Gasteiger charge is 2.57. The smallest absolute Gasteiger partial charge is 0.231 e. The maximum absolute atomic E-state index is 11.0. The maximum Gasteiger partial charge on any atom is 0.231 e. The van der Waals surface area contributed by atoms with Crippen molar-refractivity contribution in [1.82, 2.24) is 4.90 Å². The average Bonchev–Trinajstić information content (AvgIpc) is 3.24. The molecule has 0 saturated carbocycles. The number of ether oxygens (including phenoxy) is 3. The fraction of sp³-hybridized carbons (Fsp3) is 0.556. The molecule has 128 valence electrons. The number of aliphatic hydroxyl groups excluding tert-OH is 2. The fourth-order valence-corrected chi connectivity index (χ4v) is 5.01. The third-order valence-corrected chi connectivity index (χ3v) is 6.03. The lowest BCUT2D eigenvalue weighted by Crippen LogP contribution is -2.47. The molecular weight excluding hydrogens is 310 g/mol. The highest BCUT2D eigenvalue weighted by molar-refractivity contribution is 5.54. The van der Waals surface area contributed by atoms with Crippen molar-refractivity contribution in [2.75, 3.05) is 27.0 Å². The number of benzene rings is 1. The van der Waals surface area contributed by atoms with Crippen LogP contribution in [0.3, 0.4) is 0 Å². The largest absolute Gasteiger partial charge is 0.499 e. The van der Waals surface area contributed by atoms with Gasteiger partial charge >= 0.3 is 0 Å². The molecule has 0 bridgehead atoms. The minimum absolute atomic E-state index is 0.170. The van der Waals surface area contributed by atoms with E-state index in [-0.39, 0.29) is 18.2 Å². The van der Waals surface area contributed by atoms with E-state index in [4.69, 9.17) is 14.2 Å². The molecule has 1 aromatic carbocycles. The number of nitrogens with zero attached hydrogens (tertiary/aromatic N) is 1. The van der Waals surface area contributed by atoms with Gasteiger partial charge < -0.3 is 24.4 Å². The van der Waals surface area contributed by atoms with Gasteiger partial charge in [-0.2, -0.15) is 0 Å². The molecule has 1 aromatic rings. The summed E-state index contributed by atoms with van der Waals surface area (Å²) in [6.07, 6.45) is 2.73. The van der Waals surface area contributed by atoms with Crippen LogP contribution >= 0.6 is 0 Å². The first-order valence-corrected chi connectivity index (χ1v) is 8.45. The van der Waals surface area contributed by atoms with Crippen molar-refractivity contribution in [2.45, 2.75) is 36.5 Å². The van der Waals surface area contributed by atoms with Crippen LogP contribution in [0.5, 0.6) is 11.5 Å². The first kappa shape index (κ1) is 14.6. The molecule has 1 spiro atoms. The minimum atomic E-state index is -0.722. The summed E-state index contributed by atoms with van der Waals surface area (Å²) in [5.74, 6) is 1.79. The van der Waals surface area contributed by atoms with Crippen LogP contribution in [0.1, 0.15) is 36.0 Å². The third kappa shape index (κ3) is 1.71. The molecule has 3 heterocycles. The topological polar surface area (TPSA) is 71.4 Å². The fourth-order valence-electron chi connectivity index (χ4n) is 5.01. The minimum Gasteiger partial charge on any atom is -0.499 e. The first-order chi connectivity index (χ1) is 11.6. The Morgan fingerprint density at radius 3 is 2.71 bits per heavy atom. The van der Waals surface area contributed by atoms with Gasteiger partial charge in [-0.15, -0.1) is 0 Å². The molecule has 6 nitrogen and oxygen atoms in total. The van der Waals surface area contributed by atoms with Crippen molar-refractivity contribution in [1.29, 1.82) is 0 Å². The van der Waals surface area contributed by atoms with Gasteiger partial charge in [-0.3, -0.25) is 4.90 Å². The van der Waals surface area contributed by atoms with Crippen LogP contribution in [0, 0.1) is 0 Å². The molecule has 5 rings (SSSR count). The molecule has 3 aliphatic heterocycles. The Balaban J connectivity index is 1.73. The van der Waals surface area contributed by atoms with E-state index in [0.29, 0.717) is 23.8 Å². The van der Waals surface area contributed by atoms with Crippen LogP contribution in [0.15, 0.2) is 24.0 Å². The molecule has 4 unspecified atom stereocenters. The molecular formula is C18H21NO5. The van der Waals surface area contributed by atoms with Gasteiger partial charge in [0.1, 0.15) is 11.9 Å². The van der Waals surface area contributed by atoms with Crippen molar-refractivity contribution in [3.63, 3.8) is 0 Å². The Morgan fingerprint density at radius 2 is 1.96 bits per heavy atom. The Labute approximate surface area is 140 Å². The second-order valence-corrected chi connectivity index (χ2v) is 7.06. The van der Waals surface area contributed by atoms with Gasteiger partial charge in [-0.05, 0) is 48.7 Å². The Hall–Kier alpha value is -1.76. The molecule has 4 atom stereocenters. The van der Waals surface area contributed by atoms with Gasteiger partial charge in [0, 0.05) is 12.5 Å². The summed E-state index contributed by atoms with van der Waals surface area (Å²) in [6.45, 7) is 1.65. The van der Waals surface area contributed by atoms with Crippen molar-refractivity contribution < 1.29 is 24.4 Å². The Morgan fingerprint density at radius 1 is 1.21 bits per heavy atom. The summed E-state index contributed by atoms with van der Waals surface area (Å²) < 4.78 is 16.5. The van der Waals surface area contributed by atoms with Crippen molar-refractivity contribution >= 4 is 0 Å². The normalized spacial score (nSPS) is 36.6. The number of rotatable bonds is 1. The zero-order chi connectivity index (χ0) is 16.5. The van der Waals surface area contributed by atoms with Crippen LogP contribution < -0.4 is 9.47 Å². The number of β-amino-alcohol motifs (C(OH)–C–C–N with tert-alkyl or cyclic N) is 1. The van der Waals surface area contributed by atoms with Crippen LogP contribution in [0.25, 0.3) is 0 Å². The molecule has 2 N–H and O–H groups in total. The van der Waals surface area contributed by atoms with Gasteiger partial charge in [0.15, 0.2) is 11.5 Å². The lowest BCUT2D eigenvalue weighted by molar-refractivity contribution is 0.0575. The molecule has 1 fully saturated rings. The standard InChI is InChI=1S/C18H21NO5/c1-22-15-7-18-3-2-4-19(18)8-12(20)10-5-13-14(24-9-23-13)6-11(10)16(18)17(15)21/h5-7,12,16-17,20-21H,2-4,8-9H2,1H3. The van der Waals surface area contributed by atoms with E-state index >= 15 is 0 Å². The van der Waals surface area contributed by atoms with Gasteiger partial charge in [0.2, 0.25) is 6.79 Å². The van der Waals surface area contributed by atoms with Gasteiger partial charge in [0.25, 0.3) is 0 Å². The van der Waals surface area contributed by atoms with E-state index in [1.165, 1.54) is 0 Å². The highest BCUT2D eigenvalue weighted by atomic mass is 16.7. The summed E-state index contributed by atoms with van der Waals surface area (Å²) in [5, 5.41) is 21.8. The van der Waals surface area contributed by atoms with Crippen LogP contribution in [0.2, 0.25) is 0 Å². The summed E-state index contributed by atoms with van der Waals surface area (Å²) >= 11 is 0. The van der Waals surface area contributed by atoms with Gasteiger partial charge in [-0.1, -0.05) is 0 Å². The molecule has 0 aromatic heterocycles. The van der Waals surface area contributed by atoms with Gasteiger partial charge in [-0.25, -0.2) is 0 Å². The molecule has 4 aliphatic rings. The highest BCUT2D eigenvalue weighted by Crippen LogP contribution is 2.55. The van der Waals surface area contributed by atoms with E-state index in [9.17, 15) is 10.2 Å². The molecule has 24 heavy (non-hydrogen) atoms. The second-order valence-electron chi connectivity index (χ2n) is 7.06. The summed E-state index contributed by atoms with van der Waals surface area (Å²) in [6, 6.07) is 3.81. The van der Waals surface area contributed by atoms with E-state index in [1.807, 2.05) is 12.1 Å². The lowest BCUT2D eigenvalue weighted by Gasteiger charge is -2.38. The lowest BCUT2D eigenvalue weighted by atomic mass is 9.77. The third-order valence-electron chi connectivity index (χ3n) is 6.03. The Kier molecular flexibility index (Phi) is 2.96. The predicted octanol–water partition coefficient (Wildman–Crippen LogP) is 1.29. The van der Waals surface area contributed by atoms with Crippen molar-refractivity contribution in [3.05, 3.63) is 35.1 Å². The van der Waals surface area contributed by atoms with Crippen molar-refractivity contribution in [2.24, 2.45) is 0 Å². The molecule has 6 heteroatoms. The Bertz CT molecular complexity index is 732. The quantitative estimate of drug-likeness (QED) is 0.808. The predicted molar refractivity (Wildman–Crippen MR) is 84.9 cm³/mol. The molecule has 0 radical (unpaired) electrons. The SMILES string of the molecule is COC1=CC23CCCN2CC(O)c2cc4c(cc2C3C1O)OCO4. The summed E-state index contributed by atoms with van der Waals surface area (Å²) in [5.41, 5.74) is 1.46. The first-order valence-electron chi connectivity index (χ1n) is 8.45. The number of hydrogen-bond acceptors (Lipinski definition) is 6. The second kappa shape index (κ2) is 4.88. The van der Waals surface area contributed by atoms with E-state index in [2.05, 4.69) is 11.0 Å². The molecule has 1 saturated heterocycles. The van der Waals surface area contributed by atoms with Crippen molar-refractivity contribution in [3.8, 4) is 11.5 Å². The van der Waals surface area contributed by atoms with E-state index in [0.717, 1.165) is 30.5 Å². The van der Waals surface area contributed by atoms with Gasteiger partial charge in [0.05, 0.1) is 18.8 Å². The van der Waals surface area contributed by atoms with E-state index < -0.39 is 12.2 Å². The summed E-state index contributed by atoms with van der Waals surface area (Å²) in [7, 11) is 1.60. The zero-order valence-electron chi connectivity index (χ0n) is 13.6. The molecule has 0 amide bonds. The summed E-state index contributed by atoms with van der Waals surface area (Å²) in [4.78, 5) is 2.30. The van der Waals surface area contributed by atoms with E-state index in [1.54, 1.807) is 7.11 Å². The monoisotopic (exact) mass is 331 g/mol. The van der Waals surface area contributed by atoms with Crippen LogP contribution in [-0.2, 0) is 4.74 Å². The number of hydrogen-bond donors (Lipinski definition) is 2. The number of fused-ring (bicyclic) bond motifs is 3.